The third-order valence-corrected chi connectivity index (χ3v) is 7.47. The van der Waals surface area contributed by atoms with E-state index in [1.54, 1.807) is 6.92 Å². The van der Waals surface area contributed by atoms with Crippen molar-refractivity contribution in [1.29, 1.82) is 0 Å². The number of nitrogens with zero attached hydrogens (tertiary/aromatic N) is 1. The van der Waals surface area contributed by atoms with Gasteiger partial charge in [0.05, 0.1) is 0 Å². The predicted molar refractivity (Wildman–Crippen MR) is 102 cm³/mol. The molecule has 146 valence electrons. The van der Waals surface area contributed by atoms with E-state index in [0.29, 0.717) is 26.6 Å². The van der Waals surface area contributed by atoms with E-state index in [2.05, 4.69) is 4.90 Å². The van der Waals surface area contributed by atoms with Crippen molar-refractivity contribution in [2.45, 2.75) is 46.7 Å². The van der Waals surface area contributed by atoms with Gasteiger partial charge in [0, 0.05) is 50.1 Å². The number of ether oxygens (including phenoxy) is 1. The first-order chi connectivity index (χ1) is 12.5. The van der Waals surface area contributed by atoms with E-state index >= 15 is 0 Å². The Labute approximate surface area is 157 Å². The molecule has 0 fully saturated rings. The summed E-state index contributed by atoms with van der Waals surface area (Å²) in [7, 11) is -2.59. The highest BCUT2D eigenvalue weighted by Crippen LogP contribution is 2.27. The summed E-state index contributed by atoms with van der Waals surface area (Å²) in [5.41, 5.74) is 1.79. The second kappa shape index (κ2) is 10.2. The zero-order chi connectivity index (χ0) is 19.0. The van der Waals surface area contributed by atoms with Crippen LogP contribution in [0.15, 0.2) is 18.2 Å². The van der Waals surface area contributed by atoms with Crippen LogP contribution in [-0.2, 0) is 19.8 Å². The number of fused-ring (bicyclic) bond motifs is 1. The molecule has 0 amide bonds. The van der Waals surface area contributed by atoms with Gasteiger partial charge in [-0.25, -0.2) is 0 Å². The average Bonchev–Trinajstić information content (AvgIpc) is 2.61. The smallest absolute Gasteiger partial charge is 0.478 e. The molecule has 1 aromatic carbocycles. The average molecular weight is 382 g/mol. The molecule has 0 bridgehead atoms. The van der Waals surface area contributed by atoms with Gasteiger partial charge in [-0.1, -0.05) is 0 Å². The van der Waals surface area contributed by atoms with Gasteiger partial charge in [-0.2, -0.15) is 0 Å². The molecular formula is C19H31NO5Si. The Morgan fingerprint density at radius 2 is 1.81 bits per heavy atom. The van der Waals surface area contributed by atoms with Gasteiger partial charge in [0.2, 0.25) is 0 Å². The molecule has 2 rings (SSSR count). The Morgan fingerprint density at radius 1 is 1.15 bits per heavy atom. The fourth-order valence-electron chi connectivity index (χ4n) is 3.17. The number of hydrogen-bond donors (Lipinski definition) is 0. The SMILES string of the molecule is CCO[Si](CCCN1COc2ccc(C(C)=O)cc2C1)(OCC)OCC. The lowest BCUT2D eigenvalue weighted by Gasteiger charge is -2.31. The molecule has 0 saturated carbocycles. The van der Waals surface area contributed by atoms with E-state index in [4.69, 9.17) is 18.0 Å². The number of ketones is 1. The summed E-state index contributed by atoms with van der Waals surface area (Å²) in [5.74, 6) is 0.943. The highest BCUT2D eigenvalue weighted by Gasteiger charge is 2.39. The van der Waals surface area contributed by atoms with Gasteiger partial charge < -0.3 is 18.0 Å². The van der Waals surface area contributed by atoms with Crippen molar-refractivity contribution in [2.24, 2.45) is 0 Å². The number of hydrogen-bond acceptors (Lipinski definition) is 6. The van der Waals surface area contributed by atoms with Gasteiger partial charge in [-0.05, 0) is 52.3 Å². The van der Waals surface area contributed by atoms with Gasteiger partial charge in [0.15, 0.2) is 5.78 Å². The predicted octanol–water partition coefficient (Wildman–Crippen LogP) is 3.48. The van der Waals surface area contributed by atoms with E-state index in [-0.39, 0.29) is 5.78 Å². The molecule has 7 heteroatoms. The van der Waals surface area contributed by atoms with Crippen LogP contribution < -0.4 is 4.74 Å². The van der Waals surface area contributed by atoms with Crippen molar-refractivity contribution >= 4 is 14.6 Å². The highest BCUT2D eigenvalue weighted by molar-refractivity contribution is 6.60. The Kier molecular flexibility index (Phi) is 8.24. The van der Waals surface area contributed by atoms with Crippen LogP contribution in [0.4, 0.5) is 0 Å². The van der Waals surface area contributed by atoms with Gasteiger partial charge in [-0.15, -0.1) is 0 Å². The molecule has 1 aliphatic rings. The zero-order valence-electron chi connectivity index (χ0n) is 16.4. The molecule has 0 aliphatic carbocycles. The second-order valence-corrected chi connectivity index (χ2v) is 9.02. The summed E-state index contributed by atoms with van der Waals surface area (Å²) in [5, 5.41) is 0. The number of carbonyl (C=O) groups excluding carboxylic acids is 1. The van der Waals surface area contributed by atoms with E-state index in [9.17, 15) is 4.79 Å². The Morgan fingerprint density at radius 3 is 2.38 bits per heavy atom. The number of rotatable bonds is 11. The quantitative estimate of drug-likeness (QED) is 0.432. The zero-order valence-corrected chi connectivity index (χ0v) is 17.4. The standard InChI is InChI=1S/C19H31NO5Si/c1-5-23-26(24-6-2,25-7-3)12-8-11-20-14-18-13-17(16(4)21)9-10-19(18)22-15-20/h9-10,13H,5-8,11-12,14-15H2,1-4H3. The molecule has 0 aromatic heterocycles. The second-order valence-electron chi connectivity index (χ2n) is 6.29. The molecule has 0 N–H and O–H groups in total. The van der Waals surface area contributed by atoms with E-state index in [1.807, 2.05) is 39.0 Å². The van der Waals surface area contributed by atoms with Gasteiger partial charge >= 0.3 is 8.80 Å². The normalized spacial score (nSPS) is 14.8. The summed E-state index contributed by atoms with van der Waals surface area (Å²) in [6.45, 7) is 11.5. The molecule has 1 aliphatic heterocycles. The van der Waals surface area contributed by atoms with Crippen LogP contribution in [-0.4, -0.2) is 52.6 Å². The monoisotopic (exact) mass is 381 g/mol. The minimum absolute atomic E-state index is 0.0749. The molecule has 0 spiro atoms. The van der Waals surface area contributed by atoms with Gasteiger partial charge in [0.1, 0.15) is 12.5 Å². The Bertz CT molecular complexity index is 578. The molecule has 1 heterocycles. The highest BCUT2D eigenvalue weighted by atomic mass is 28.4. The number of benzene rings is 1. The topological polar surface area (TPSA) is 57.2 Å². The number of carbonyl (C=O) groups is 1. The first-order valence-corrected chi connectivity index (χ1v) is 11.4. The van der Waals surface area contributed by atoms with E-state index in [1.165, 1.54) is 0 Å². The molecule has 0 saturated heterocycles. The maximum Gasteiger partial charge on any atom is 0.500 e. The first-order valence-electron chi connectivity index (χ1n) is 9.44. The van der Waals surface area contributed by atoms with Crippen molar-refractivity contribution in [3.8, 4) is 5.75 Å². The molecule has 0 atom stereocenters. The van der Waals surface area contributed by atoms with Crippen LogP contribution in [0.5, 0.6) is 5.75 Å². The van der Waals surface area contributed by atoms with Crippen molar-refractivity contribution in [1.82, 2.24) is 4.90 Å². The number of Topliss-reactive ketones (excluding diaryl/α,β-unsaturated/α-hetero) is 1. The summed E-state index contributed by atoms with van der Waals surface area (Å²) >= 11 is 0. The molecule has 1 aromatic rings. The van der Waals surface area contributed by atoms with Crippen LogP contribution in [0.1, 0.15) is 50.0 Å². The Hall–Kier alpha value is -1.25. The maximum absolute atomic E-state index is 11.6. The molecule has 26 heavy (non-hydrogen) atoms. The van der Waals surface area contributed by atoms with Crippen molar-refractivity contribution < 1.29 is 22.8 Å². The summed E-state index contributed by atoms with van der Waals surface area (Å²) < 4.78 is 23.5. The van der Waals surface area contributed by atoms with Gasteiger partial charge in [-0.3, -0.25) is 9.69 Å². The van der Waals surface area contributed by atoms with Crippen molar-refractivity contribution in [3.63, 3.8) is 0 Å². The minimum Gasteiger partial charge on any atom is -0.478 e. The third kappa shape index (κ3) is 5.62. The summed E-state index contributed by atoms with van der Waals surface area (Å²) in [4.78, 5) is 13.8. The lowest BCUT2D eigenvalue weighted by atomic mass is 10.1. The molecular weight excluding hydrogens is 350 g/mol. The maximum atomic E-state index is 11.6. The van der Waals surface area contributed by atoms with E-state index < -0.39 is 8.80 Å². The van der Waals surface area contributed by atoms with E-state index in [0.717, 1.165) is 42.4 Å². The first kappa shape index (κ1) is 21.1. The van der Waals surface area contributed by atoms with Crippen LogP contribution in [0, 0.1) is 0 Å². The lowest BCUT2D eigenvalue weighted by Crippen LogP contribution is -2.46. The fourth-order valence-corrected chi connectivity index (χ4v) is 5.77. The lowest BCUT2D eigenvalue weighted by molar-refractivity contribution is 0.0653. The Balaban J connectivity index is 1.93. The van der Waals surface area contributed by atoms with Gasteiger partial charge in [0.25, 0.3) is 0 Å². The molecule has 0 unspecified atom stereocenters. The summed E-state index contributed by atoms with van der Waals surface area (Å²) in [6, 6.07) is 6.44. The fraction of sp³-hybridized carbons (Fsp3) is 0.632. The van der Waals surface area contributed by atoms with Crippen LogP contribution in [0.3, 0.4) is 0 Å². The summed E-state index contributed by atoms with van der Waals surface area (Å²) in [6.07, 6.45) is 0.914. The third-order valence-electron chi connectivity index (χ3n) is 4.31. The molecule has 0 radical (unpaired) electrons. The van der Waals surface area contributed by atoms with Crippen LogP contribution >= 0.6 is 0 Å². The van der Waals surface area contributed by atoms with Crippen molar-refractivity contribution in [3.05, 3.63) is 29.3 Å². The van der Waals surface area contributed by atoms with Crippen LogP contribution in [0.2, 0.25) is 6.04 Å². The van der Waals surface area contributed by atoms with Crippen LogP contribution in [0.25, 0.3) is 0 Å². The van der Waals surface area contributed by atoms with Crippen molar-refractivity contribution in [2.75, 3.05) is 33.1 Å². The largest absolute Gasteiger partial charge is 0.500 e. The molecule has 6 nitrogen and oxygen atoms in total. The minimum atomic E-state index is -2.59.